The van der Waals surface area contributed by atoms with Crippen molar-refractivity contribution in [3.63, 3.8) is 0 Å². The molecule has 3 amide bonds. The van der Waals surface area contributed by atoms with Gasteiger partial charge in [-0.1, -0.05) is 55.2 Å². The summed E-state index contributed by atoms with van der Waals surface area (Å²) in [6.45, 7) is 4.76. The minimum absolute atomic E-state index is 0.0602. The molecule has 0 aliphatic carbocycles. The van der Waals surface area contributed by atoms with Crippen LogP contribution in [0.4, 0.5) is 5.69 Å². The first-order chi connectivity index (χ1) is 15.2. The number of aryl methyl sites for hydroxylation is 2. The summed E-state index contributed by atoms with van der Waals surface area (Å²) in [6.07, 6.45) is 1.46. The molecule has 0 saturated carbocycles. The maximum Gasteiger partial charge on any atom is 0.329 e. The molecule has 1 unspecified atom stereocenters. The van der Waals surface area contributed by atoms with Gasteiger partial charge in [0.15, 0.2) is 6.61 Å². The monoisotopic (exact) mass is 476 g/mol. The van der Waals surface area contributed by atoms with Crippen molar-refractivity contribution in [1.82, 2.24) is 4.90 Å². The molecule has 1 aliphatic rings. The van der Waals surface area contributed by atoms with Gasteiger partial charge in [0, 0.05) is 5.69 Å². The van der Waals surface area contributed by atoms with Crippen LogP contribution >= 0.6 is 23.2 Å². The maximum atomic E-state index is 12.7. The number of fused-ring (bicyclic) bond motifs is 1. The van der Waals surface area contributed by atoms with E-state index < -0.39 is 36.3 Å². The fourth-order valence-electron chi connectivity index (χ4n) is 3.55. The number of esters is 1. The number of nitrogens with zero attached hydrogens (tertiary/aromatic N) is 1. The number of amides is 3. The summed E-state index contributed by atoms with van der Waals surface area (Å²) in [4.78, 5) is 51.0. The van der Waals surface area contributed by atoms with Crippen LogP contribution in [0.5, 0.6) is 0 Å². The molecule has 0 fully saturated rings. The van der Waals surface area contributed by atoms with Crippen molar-refractivity contribution in [1.29, 1.82) is 0 Å². The van der Waals surface area contributed by atoms with Crippen LogP contribution in [0.1, 0.15) is 52.6 Å². The third-order valence-electron chi connectivity index (χ3n) is 5.30. The van der Waals surface area contributed by atoms with Crippen molar-refractivity contribution in [2.75, 3.05) is 11.9 Å². The second-order valence-electron chi connectivity index (χ2n) is 7.28. The van der Waals surface area contributed by atoms with E-state index in [-0.39, 0.29) is 21.2 Å². The van der Waals surface area contributed by atoms with Gasteiger partial charge in [0.1, 0.15) is 6.04 Å². The van der Waals surface area contributed by atoms with Gasteiger partial charge in [-0.2, -0.15) is 0 Å². The molecule has 2 aromatic rings. The van der Waals surface area contributed by atoms with Crippen LogP contribution in [-0.4, -0.2) is 41.2 Å². The molecule has 0 aromatic heterocycles. The molecule has 1 heterocycles. The lowest BCUT2D eigenvalue weighted by atomic mass is 10.0. The van der Waals surface area contributed by atoms with Gasteiger partial charge >= 0.3 is 5.97 Å². The number of para-hydroxylation sites is 1. The molecule has 1 N–H and O–H groups in total. The van der Waals surface area contributed by atoms with Crippen LogP contribution in [0.25, 0.3) is 0 Å². The molecule has 32 heavy (non-hydrogen) atoms. The van der Waals surface area contributed by atoms with Crippen LogP contribution in [-0.2, 0) is 27.2 Å². The lowest BCUT2D eigenvalue weighted by molar-refractivity contribution is -0.150. The third kappa shape index (κ3) is 4.49. The standard InChI is InChI=1S/C23H22Cl2N2O5/c1-4-13-7-6-8-14(5-2)20(13)26-19(28)11-32-23(31)12(3)27-21(29)15-9-17(24)18(25)10-16(15)22(27)30/h6-10,12H,4-5,11H2,1-3H3,(H,26,28). The minimum atomic E-state index is -1.23. The molecule has 1 aliphatic heterocycles. The summed E-state index contributed by atoms with van der Waals surface area (Å²) in [5.41, 5.74) is 2.78. The van der Waals surface area contributed by atoms with Crippen molar-refractivity contribution >= 4 is 52.6 Å². The number of rotatable bonds is 7. The van der Waals surface area contributed by atoms with Crippen molar-refractivity contribution in [3.8, 4) is 0 Å². The van der Waals surface area contributed by atoms with E-state index in [1.807, 2.05) is 32.0 Å². The molecule has 1 atom stereocenters. The van der Waals surface area contributed by atoms with Crippen molar-refractivity contribution in [2.24, 2.45) is 0 Å². The van der Waals surface area contributed by atoms with Crippen LogP contribution in [0.2, 0.25) is 10.0 Å². The smallest absolute Gasteiger partial charge is 0.329 e. The topological polar surface area (TPSA) is 92.8 Å². The number of carbonyl (C=O) groups is 4. The summed E-state index contributed by atoms with van der Waals surface area (Å²) in [6, 6.07) is 7.12. The summed E-state index contributed by atoms with van der Waals surface area (Å²) in [5.74, 6) is -2.75. The van der Waals surface area contributed by atoms with E-state index in [2.05, 4.69) is 5.32 Å². The van der Waals surface area contributed by atoms with Gasteiger partial charge in [-0.25, -0.2) is 4.79 Å². The number of ether oxygens (including phenoxy) is 1. The van der Waals surface area contributed by atoms with Gasteiger partial charge in [-0.15, -0.1) is 0 Å². The lowest BCUT2D eigenvalue weighted by Crippen LogP contribution is -2.44. The van der Waals surface area contributed by atoms with Gasteiger partial charge in [0.2, 0.25) is 0 Å². The Morgan fingerprint density at radius 1 is 1.00 bits per heavy atom. The highest BCUT2D eigenvalue weighted by atomic mass is 35.5. The summed E-state index contributed by atoms with van der Waals surface area (Å²) in [7, 11) is 0. The van der Waals surface area contributed by atoms with Crippen LogP contribution in [0.3, 0.4) is 0 Å². The molecule has 7 nitrogen and oxygen atoms in total. The van der Waals surface area contributed by atoms with Gasteiger partial charge < -0.3 is 10.1 Å². The maximum absolute atomic E-state index is 12.7. The highest BCUT2D eigenvalue weighted by Gasteiger charge is 2.42. The van der Waals surface area contributed by atoms with Crippen LogP contribution in [0, 0.1) is 0 Å². The number of hydrogen-bond acceptors (Lipinski definition) is 5. The van der Waals surface area contributed by atoms with E-state index in [9.17, 15) is 19.2 Å². The average Bonchev–Trinajstić information content (AvgIpc) is 3.01. The second kappa shape index (κ2) is 9.71. The lowest BCUT2D eigenvalue weighted by Gasteiger charge is -2.21. The van der Waals surface area contributed by atoms with Gasteiger partial charge in [-0.3, -0.25) is 19.3 Å². The Morgan fingerprint density at radius 3 is 1.97 bits per heavy atom. The first-order valence-electron chi connectivity index (χ1n) is 10.1. The Morgan fingerprint density at radius 2 is 1.50 bits per heavy atom. The highest BCUT2D eigenvalue weighted by molar-refractivity contribution is 6.43. The number of carbonyl (C=O) groups excluding carboxylic acids is 4. The largest absolute Gasteiger partial charge is 0.454 e. The van der Waals surface area contributed by atoms with Gasteiger partial charge in [-0.05, 0) is 43.0 Å². The van der Waals surface area contributed by atoms with E-state index in [0.717, 1.165) is 28.9 Å². The highest BCUT2D eigenvalue weighted by Crippen LogP contribution is 2.32. The zero-order chi connectivity index (χ0) is 23.6. The Hall–Kier alpha value is -2.90. The normalized spacial score (nSPS) is 13.7. The fraction of sp³-hybridized carbons (Fsp3) is 0.304. The minimum Gasteiger partial charge on any atom is -0.454 e. The zero-order valence-corrected chi connectivity index (χ0v) is 19.3. The number of anilines is 1. The number of hydrogen-bond donors (Lipinski definition) is 1. The number of imide groups is 1. The first kappa shape index (κ1) is 23.8. The molecule has 0 spiro atoms. The van der Waals surface area contributed by atoms with Gasteiger partial charge in [0.25, 0.3) is 17.7 Å². The number of benzene rings is 2. The van der Waals surface area contributed by atoms with E-state index in [4.69, 9.17) is 27.9 Å². The molecule has 168 valence electrons. The van der Waals surface area contributed by atoms with Gasteiger partial charge in [0.05, 0.1) is 21.2 Å². The molecular weight excluding hydrogens is 455 g/mol. The molecular formula is C23H22Cl2N2O5. The average molecular weight is 477 g/mol. The van der Waals surface area contributed by atoms with E-state index in [1.165, 1.54) is 19.1 Å². The SMILES string of the molecule is CCc1cccc(CC)c1NC(=O)COC(=O)C(C)N1C(=O)c2cc(Cl)c(Cl)cc2C1=O. The zero-order valence-electron chi connectivity index (χ0n) is 17.8. The molecule has 2 aromatic carbocycles. The van der Waals surface area contributed by atoms with E-state index in [0.29, 0.717) is 5.69 Å². The van der Waals surface area contributed by atoms with E-state index >= 15 is 0 Å². The Balaban J connectivity index is 1.66. The number of halogens is 2. The molecule has 0 saturated heterocycles. The quantitative estimate of drug-likeness (QED) is 0.475. The van der Waals surface area contributed by atoms with Crippen molar-refractivity contribution in [3.05, 3.63) is 62.6 Å². The number of nitrogens with one attached hydrogen (secondary N) is 1. The first-order valence-corrected chi connectivity index (χ1v) is 10.9. The predicted octanol–water partition coefficient (Wildman–Crippen LogP) is 4.28. The Labute approximate surface area is 195 Å². The summed E-state index contributed by atoms with van der Waals surface area (Å²) < 4.78 is 5.09. The molecule has 0 radical (unpaired) electrons. The van der Waals surface area contributed by atoms with E-state index in [1.54, 1.807) is 0 Å². The Bertz CT molecular complexity index is 1050. The molecule has 9 heteroatoms. The molecule has 3 rings (SSSR count). The predicted molar refractivity (Wildman–Crippen MR) is 121 cm³/mol. The van der Waals surface area contributed by atoms with Crippen molar-refractivity contribution in [2.45, 2.75) is 39.7 Å². The summed E-state index contributed by atoms with van der Waals surface area (Å²) in [5, 5.41) is 3.04. The van der Waals surface area contributed by atoms with Crippen molar-refractivity contribution < 1.29 is 23.9 Å². The second-order valence-corrected chi connectivity index (χ2v) is 8.10. The summed E-state index contributed by atoms with van der Waals surface area (Å²) >= 11 is 11.9. The fourth-order valence-corrected chi connectivity index (χ4v) is 3.87. The van der Waals surface area contributed by atoms with Crippen LogP contribution in [0.15, 0.2) is 30.3 Å². The Kier molecular flexibility index (Phi) is 7.21. The third-order valence-corrected chi connectivity index (χ3v) is 6.02. The van der Waals surface area contributed by atoms with Crippen LogP contribution < -0.4 is 5.32 Å². The molecule has 0 bridgehead atoms.